The number of para-hydroxylation sites is 1. The van der Waals surface area contributed by atoms with E-state index in [2.05, 4.69) is 10.6 Å². The van der Waals surface area contributed by atoms with Crippen molar-refractivity contribution in [2.75, 3.05) is 17.2 Å². The lowest BCUT2D eigenvalue weighted by Crippen LogP contribution is -2.16. The van der Waals surface area contributed by atoms with E-state index in [0.717, 1.165) is 5.69 Å². The number of carbonyl (C=O) groups is 2. The third-order valence-electron chi connectivity index (χ3n) is 3.29. The molecule has 23 heavy (non-hydrogen) atoms. The zero-order valence-electron chi connectivity index (χ0n) is 12.8. The summed E-state index contributed by atoms with van der Waals surface area (Å²) in [5.74, 6) is -0.146. The molecule has 5 nitrogen and oxygen atoms in total. The van der Waals surface area contributed by atoms with Gasteiger partial charge in [-0.25, -0.2) is 0 Å². The molecule has 1 amide bonds. The molecule has 0 bridgehead atoms. The number of nitrogens with zero attached hydrogens (tertiary/aromatic N) is 1. The molecule has 0 unspecified atom stereocenters. The lowest BCUT2D eigenvalue weighted by molar-refractivity contribution is -0.115. The first-order valence-corrected chi connectivity index (χ1v) is 7.24. The van der Waals surface area contributed by atoms with Gasteiger partial charge in [-0.15, -0.1) is 0 Å². The van der Waals surface area contributed by atoms with Crippen molar-refractivity contribution in [2.24, 2.45) is 0 Å². The molecule has 5 heteroatoms. The van der Waals surface area contributed by atoms with E-state index in [0.29, 0.717) is 23.4 Å². The number of nitriles is 1. The first-order chi connectivity index (χ1) is 11.1. The Bertz CT molecular complexity index is 746. The van der Waals surface area contributed by atoms with Crippen LogP contribution in [0.3, 0.4) is 0 Å². The molecule has 0 saturated heterocycles. The molecule has 0 aliphatic heterocycles. The Morgan fingerprint density at radius 1 is 1.09 bits per heavy atom. The Labute approximate surface area is 134 Å². The maximum absolute atomic E-state index is 11.9. The van der Waals surface area contributed by atoms with Gasteiger partial charge in [0.1, 0.15) is 6.07 Å². The lowest BCUT2D eigenvalue weighted by Gasteiger charge is -2.09. The Hall–Kier alpha value is -3.13. The number of ketones is 1. The quantitative estimate of drug-likeness (QED) is 0.803. The number of Topliss-reactive ketones (excluding diaryl/α,β-unsaturated/α-hetero) is 1. The highest BCUT2D eigenvalue weighted by molar-refractivity contribution is 5.94. The summed E-state index contributed by atoms with van der Waals surface area (Å²) in [6.07, 6.45) is 0.272. The molecule has 2 N–H and O–H groups in total. The maximum atomic E-state index is 11.9. The second-order valence-electron chi connectivity index (χ2n) is 5.02. The first kappa shape index (κ1) is 16.2. The normalized spacial score (nSPS) is 9.74. The number of hydrogen-bond donors (Lipinski definition) is 2. The molecule has 2 aromatic carbocycles. The Kier molecular flexibility index (Phi) is 5.48. The van der Waals surface area contributed by atoms with Crippen molar-refractivity contribution in [3.63, 3.8) is 0 Å². The molecule has 2 aromatic rings. The van der Waals surface area contributed by atoms with Crippen molar-refractivity contribution >= 4 is 23.1 Å². The predicted octanol–water partition coefficient (Wildman–Crippen LogP) is 3.20. The largest absolute Gasteiger partial charge is 0.385 e. The minimum atomic E-state index is -0.166. The fourth-order valence-corrected chi connectivity index (χ4v) is 2.05. The van der Waals surface area contributed by atoms with Gasteiger partial charge in [-0.2, -0.15) is 5.26 Å². The smallest absolute Gasteiger partial charge is 0.226 e. The zero-order valence-corrected chi connectivity index (χ0v) is 12.8. The van der Waals surface area contributed by atoms with Gasteiger partial charge in [0.25, 0.3) is 0 Å². The summed E-state index contributed by atoms with van der Waals surface area (Å²) in [6.45, 7) is 1.98. The van der Waals surface area contributed by atoms with Crippen molar-refractivity contribution < 1.29 is 9.59 Å². The van der Waals surface area contributed by atoms with Crippen molar-refractivity contribution in [1.82, 2.24) is 0 Å². The van der Waals surface area contributed by atoms with Gasteiger partial charge in [-0.3, -0.25) is 9.59 Å². The summed E-state index contributed by atoms with van der Waals surface area (Å²) < 4.78 is 0. The molecule has 0 fully saturated rings. The molecule has 0 aromatic heterocycles. The van der Waals surface area contributed by atoms with Crippen molar-refractivity contribution in [3.8, 4) is 6.07 Å². The second-order valence-corrected chi connectivity index (χ2v) is 5.02. The summed E-state index contributed by atoms with van der Waals surface area (Å²) in [7, 11) is 0. The molecule has 0 atom stereocenters. The highest BCUT2D eigenvalue weighted by atomic mass is 16.1. The van der Waals surface area contributed by atoms with Gasteiger partial charge in [-0.1, -0.05) is 12.1 Å². The van der Waals surface area contributed by atoms with Crippen LogP contribution in [0.25, 0.3) is 0 Å². The third kappa shape index (κ3) is 4.68. The second kappa shape index (κ2) is 7.76. The van der Waals surface area contributed by atoms with Crippen LogP contribution >= 0.6 is 0 Å². The van der Waals surface area contributed by atoms with E-state index in [9.17, 15) is 9.59 Å². The molecule has 0 radical (unpaired) electrons. The number of anilines is 2. The molecule has 0 aliphatic rings. The van der Waals surface area contributed by atoms with Gasteiger partial charge in [0.2, 0.25) is 5.91 Å². The van der Waals surface area contributed by atoms with Crippen LogP contribution in [-0.2, 0) is 4.79 Å². The number of rotatable bonds is 6. The van der Waals surface area contributed by atoms with E-state index in [1.54, 1.807) is 48.5 Å². The van der Waals surface area contributed by atoms with Crippen molar-refractivity contribution in [2.45, 2.75) is 13.3 Å². The standard InChI is InChI=1S/C18H17N3O2/c1-13(22)14-6-8-16(9-7-14)20-11-10-18(23)21-17-5-3-2-4-15(17)12-19/h2-9,20H,10-11H2,1H3,(H,21,23). The van der Waals surface area contributed by atoms with Crippen LogP contribution < -0.4 is 10.6 Å². The highest BCUT2D eigenvalue weighted by Gasteiger charge is 2.06. The average Bonchev–Trinajstić information content (AvgIpc) is 2.56. The monoisotopic (exact) mass is 307 g/mol. The predicted molar refractivity (Wildman–Crippen MR) is 89.3 cm³/mol. The van der Waals surface area contributed by atoms with E-state index in [-0.39, 0.29) is 18.1 Å². The SMILES string of the molecule is CC(=O)c1ccc(NCCC(=O)Nc2ccccc2C#N)cc1. The van der Waals surface area contributed by atoms with E-state index in [4.69, 9.17) is 5.26 Å². The van der Waals surface area contributed by atoms with Crippen LogP contribution in [0.5, 0.6) is 0 Å². The van der Waals surface area contributed by atoms with Crippen LogP contribution in [-0.4, -0.2) is 18.2 Å². The summed E-state index contributed by atoms with van der Waals surface area (Å²) in [5.41, 5.74) is 2.46. The van der Waals surface area contributed by atoms with Gasteiger partial charge in [0.15, 0.2) is 5.78 Å². The highest BCUT2D eigenvalue weighted by Crippen LogP contribution is 2.14. The Balaban J connectivity index is 1.83. The van der Waals surface area contributed by atoms with Crippen LogP contribution in [0.2, 0.25) is 0 Å². The van der Waals surface area contributed by atoms with Crippen LogP contribution in [0.15, 0.2) is 48.5 Å². The maximum Gasteiger partial charge on any atom is 0.226 e. The minimum absolute atomic E-state index is 0.0204. The summed E-state index contributed by atoms with van der Waals surface area (Å²) in [6, 6.07) is 16.0. The first-order valence-electron chi connectivity index (χ1n) is 7.24. The number of carbonyl (C=O) groups excluding carboxylic acids is 2. The molecule has 0 heterocycles. The molecule has 2 rings (SSSR count). The third-order valence-corrected chi connectivity index (χ3v) is 3.29. The van der Waals surface area contributed by atoms with E-state index < -0.39 is 0 Å². The molecule has 0 saturated carbocycles. The molecule has 0 spiro atoms. The molecular formula is C18H17N3O2. The van der Waals surface area contributed by atoms with Crippen molar-refractivity contribution in [1.29, 1.82) is 5.26 Å². The Morgan fingerprint density at radius 2 is 1.78 bits per heavy atom. The molecular weight excluding hydrogens is 290 g/mol. The van der Waals surface area contributed by atoms with Gasteiger partial charge in [0.05, 0.1) is 11.3 Å². The molecule has 116 valence electrons. The van der Waals surface area contributed by atoms with Gasteiger partial charge < -0.3 is 10.6 Å². The minimum Gasteiger partial charge on any atom is -0.385 e. The number of amides is 1. The fraction of sp³-hybridized carbons (Fsp3) is 0.167. The fourth-order valence-electron chi connectivity index (χ4n) is 2.05. The summed E-state index contributed by atoms with van der Waals surface area (Å²) in [5, 5.41) is 14.8. The van der Waals surface area contributed by atoms with E-state index in [1.807, 2.05) is 6.07 Å². The number of benzene rings is 2. The lowest BCUT2D eigenvalue weighted by atomic mass is 10.1. The van der Waals surface area contributed by atoms with Crippen LogP contribution in [0.4, 0.5) is 11.4 Å². The van der Waals surface area contributed by atoms with E-state index >= 15 is 0 Å². The topological polar surface area (TPSA) is 82.0 Å². The van der Waals surface area contributed by atoms with Crippen LogP contribution in [0.1, 0.15) is 29.3 Å². The van der Waals surface area contributed by atoms with Gasteiger partial charge >= 0.3 is 0 Å². The van der Waals surface area contributed by atoms with E-state index in [1.165, 1.54) is 6.92 Å². The van der Waals surface area contributed by atoms with Crippen LogP contribution in [0, 0.1) is 11.3 Å². The summed E-state index contributed by atoms with van der Waals surface area (Å²) >= 11 is 0. The van der Waals surface area contributed by atoms with Gasteiger partial charge in [-0.05, 0) is 43.3 Å². The number of nitrogens with one attached hydrogen (secondary N) is 2. The zero-order chi connectivity index (χ0) is 16.7. The van der Waals surface area contributed by atoms with Crippen molar-refractivity contribution in [3.05, 3.63) is 59.7 Å². The molecule has 0 aliphatic carbocycles. The van der Waals surface area contributed by atoms with Gasteiger partial charge in [0, 0.05) is 24.2 Å². The Morgan fingerprint density at radius 3 is 2.43 bits per heavy atom. The number of hydrogen-bond acceptors (Lipinski definition) is 4. The summed E-state index contributed by atoms with van der Waals surface area (Å²) in [4.78, 5) is 23.1. The average molecular weight is 307 g/mol.